The Labute approximate surface area is 163 Å². The Bertz CT molecular complexity index is 1200. The molecule has 0 bridgehead atoms. The molecule has 0 N–H and O–H groups in total. The first kappa shape index (κ1) is 17.3. The van der Waals surface area contributed by atoms with Crippen LogP contribution in [-0.4, -0.2) is 20.5 Å². The van der Waals surface area contributed by atoms with Crippen LogP contribution in [0.3, 0.4) is 0 Å². The van der Waals surface area contributed by atoms with Crippen molar-refractivity contribution in [2.75, 3.05) is 0 Å². The van der Waals surface area contributed by atoms with Gasteiger partial charge in [-0.25, -0.2) is 9.50 Å². The third kappa shape index (κ3) is 3.20. The molecule has 2 heterocycles. The Morgan fingerprint density at radius 3 is 2.56 bits per heavy atom. The highest BCUT2D eigenvalue weighted by atomic mass is 35.5. The number of carbonyl (C=O) groups is 1. The van der Waals surface area contributed by atoms with E-state index in [0.29, 0.717) is 32.6 Å². The summed E-state index contributed by atoms with van der Waals surface area (Å²) in [5.74, 6) is -0.963. The molecule has 0 aliphatic carbocycles. The third-order valence-corrected chi connectivity index (χ3v) is 4.56. The monoisotopic (exact) mass is 396 g/mol. The fourth-order valence-corrected chi connectivity index (χ4v) is 3.21. The maximum Gasteiger partial charge on any atom is 0.336 e. The summed E-state index contributed by atoms with van der Waals surface area (Å²) in [6.07, 6.45) is 0. The van der Waals surface area contributed by atoms with Crippen molar-refractivity contribution in [2.45, 2.75) is 0 Å². The topological polar surface area (TPSA) is 76.7 Å². The van der Waals surface area contributed by atoms with Crippen molar-refractivity contribution in [2.24, 2.45) is 5.18 Å². The molecule has 2 aromatic heterocycles. The van der Waals surface area contributed by atoms with Crippen molar-refractivity contribution in [3.05, 3.63) is 81.3 Å². The van der Waals surface area contributed by atoms with Crippen LogP contribution in [0, 0.1) is 4.91 Å². The van der Waals surface area contributed by atoms with Crippen molar-refractivity contribution in [1.82, 2.24) is 14.6 Å². The van der Waals surface area contributed by atoms with E-state index in [1.807, 2.05) is 30.3 Å². The number of fused-ring (bicyclic) bond motifs is 1. The lowest BCUT2D eigenvalue weighted by Crippen LogP contribution is -2.00. The van der Waals surface area contributed by atoms with Gasteiger partial charge in [-0.1, -0.05) is 53.5 Å². The lowest BCUT2D eigenvalue weighted by atomic mass is 10.1. The molecule has 8 heteroatoms. The Balaban J connectivity index is 2.03. The van der Waals surface area contributed by atoms with E-state index in [2.05, 4.69) is 15.3 Å². The molecule has 6 nitrogen and oxygen atoms in total. The van der Waals surface area contributed by atoms with Gasteiger partial charge in [-0.3, -0.25) is 4.79 Å². The number of carbonyl (C=O) groups excluding carboxylic acids is 1. The first-order valence-electron chi connectivity index (χ1n) is 7.86. The maximum atomic E-state index is 11.7. The molecule has 4 rings (SSSR count). The first-order valence-corrected chi connectivity index (χ1v) is 8.62. The van der Waals surface area contributed by atoms with Crippen LogP contribution in [0.5, 0.6) is 0 Å². The fraction of sp³-hybridized carbons (Fsp3) is 0. The van der Waals surface area contributed by atoms with E-state index in [-0.39, 0.29) is 5.69 Å². The number of nitroso groups, excluding NO2 is 1. The van der Waals surface area contributed by atoms with Gasteiger partial charge in [0.1, 0.15) is 0 Å². The molecule has 0 radical (unpaired) electrons. The maximum absolute atomic E-state index is 11.7. The van der Waals surface area contributed by atoms with Crippen LogP contribution in [0.15, 0.2) is 65.8 Å². The Kier molecular flexibility index (Phi) is 4.43. The van der Waals surface area contributed by atoms with Crippen LogP contribution >= 0.6 is 23.2 Å². The number of aromatic nitrogens is 3. The summed E-state index contributed by atoms with van der Waals surface area (Å²) in [6.45, 7) is 0. The zero-order chi connectivity index (χ0) is 19.0. The molecule has 1 amide bonds. The Hall–Kier alpha value is -3.09. The molecule has 4 aromatic rings. The van der Waals surface area contributed by atoms with Gasteiger partial charge in [0.15, 0.2) is 11.3 Å². The van der Waals surface area contributed by atoms with Crippen molar-refractivity contribution in [3.8, 4) is 22.5 Å². The zero-order valence-corrected chi connectivity index (χ0v) is 15.1. The highest BCUT2D eigenvalue weighted by Crippen LogP contribution is 2.31. The van der Waals surface area contributed by atoms with Gasteiger partial charge >= 0.3 is 5.91 Å². The lowest BCUT2D eigenvalue weighted by molar-refractivity contribution is 0.0996. The van der Waals surface area contributed by atoms with Crippen LogP contribution in [-0.2, 0) is 0 Å². The summed E-state index contributed by atoms with van der Waals surface area (Å²) in [4.78, 5) is 26.8. The summed E-state index contributed by atoms with van der Waals surface area (Å²) in [7, 11) is 0. The smallest absolute Gasteiger partial charge is 0.261 e. The van der Waals surface area contributed by atoms with Gasteiger partial charge in [0.25, 0.3) is 0 Å². The van der Waals surface area contributed by atoms with Crippen LogP contribution in [0.2, 0.25) is 10.0 Å². The average Bonchev–Trinajstić information content (AvgIpc) is 3.11. The molecular weight excluding hydrogens is 387 g/mol. The van der Waals surface area contributed by atoms with E-state index in [1.165, 1.54) is 10.6 Å². The van der Waals surface area contributed by atoms with Crippen molar-refractivity contribution < 1.29 is 4.79 Å². The number of nitrogens with zero attached hydrogens (tertiary/aromatic N) is 4. The van der Waals surface area contributed by atoms with Crippen LogP contribution in [0.25, 0.3) is 28.2 Å². The SMILES string of the molecule is O=NC(=O)c1cc2nc(-c3cccc(Cl)c3)cc(-c3ccccc3Cl)n2n1. The summed E-state index contributed by atoms with van der Waals surface area (Å²) < 4.78 is 1.47. The summed E-state index contributed by atoms with van der Waals surface area (Å²) in [6, 6.07) is 17.7. The van der Waals surface area contributed by atoms with Crippen LogP contribution in [0.4, 0.5) is 0 Å². The van der Waals surface area contributed by atoms with Gasteiger partial charge in [-0.2, -0.15) is 5.10 Å². The molecule has 0 saturated carbocycles. The number of amides is 1. The quantitative estimate of drug-likeness (QED) is 0.441. The van der Waals surface area contributed by atoms with E-state index >= 15 is 0 Å². The van der Waals surface area contributed by atoms with E-state index in [4.69, 9.17) is 23.2 Å². The van der Waals surface area contributed by atoms with E-state index in [1.54, 1.807) is 24.3 Å². The molecule has 0 aliphatic heterocycles. The van der Waals surface area contributed by atoms with Crippen LogP contribution < -0.4 is 0 Å². The minimum atomic E-state index is -0.963. The number of benzene rings is 2. The molecular formula is C19H10Cl2N4O2. The zero-order valence-electron chi connectivity index (χ0n) is 13.6. The third-order valence-electron chi connectivity index (χ3n) is 4.00. The van der Waals surface area contributed by atoms with E-state index < -0.39 is 5.91 Å². The average molecular weight is 397 g/mol. The van der Waals surface area contributed by atoms with Gasteiger partial charge in [-0.05, 0) is 24.3 Å². The van der Waals surface area contributed by atoms with Gasteiger partial charge in [-0.15, -0.1) is 4.91 Å². The van der Waals surface area contributed by atoms with E-state index in [0.717, 1.165) is 5.56 Å². The number of rotatable bonds is 3. The van der Waals surface area contributed by atoms with Crippen molar-refractivity contribution in [3.63, 3.8) is 0 Å². The van der Waals surface area contributed by atoms with Gasteiger partial charge < -0.3 is 0 Å². The minimum absolute atomic E-state index is 0.0888. The second-order valence-corrected chi connectivity index (χ2v) is 6.56. The summed E-state index contributed by atoms with van der Waals surface area (Å²) in [5, 5.41) is 7.69. The Morgan fingerprint density at radius 1 is 1.00 bits per heavy atom. The molecule has 2 aromatic carbocycles. The van der Waals surface area contributed by atoms with E-state index in [9.17, 15) is 9.70 Å². The predicted molar refractivity (Wildman–Crippen MR) is 104 cm³/mol. The normalized spacial score (nSPS) is 10.9. The number of hydrogen-bond donors (Lipinski definition) is 0. The van der Waals surface area contributed by atoms with Gasteiger partial charge in [0.05, 0.1) is 11.4 Å². The molecule has 0 fully saturated rings. The highest BCUT2D eigenvalue weighted by Gasteiger charge is 2.17. The fourth-order valence-electron chi connectivity index (χ4n) is 2.78. The van der Waals surface area contributed by atoms with Gasteiger partial charge in [0.2, 0.25) is 0 Å². The second kappa shape index (κ2) is 6.90. The molecule has 0 saturated heterocycles. The highest BCUT2D eigenvalue weighted by molar-refractivity contribution is 6.33. The molecule has 0 spiro atoms. The molecule has 0 aliphatic rings. The van der Waals surface area contributed by atoms with Gasteiger partial charge in [0, 0.05) is 32.4 Å². The number of halogens is 2. The summed E-state index contributed by atoms with van der Waals surface area (Å²) >= 11 is 12.5. The summed E-state index contributed by atoms with van der Waals surface area (Å²) in [5.41, 5.74) is 3.03. The first-order chi connectivity index (χ1) is 13.1. The molecule has 27 heavy (non-hydrogen) atoms. The van der Waals surface area contributed by atoms with Crippen LogP contribution in [0.1, 0.15) is 10.5 Å². The van der Waals surface area contributed by atoms with Crippen molar-refractivity contribution >= 4 is 34.8 Å². The minimum Gasteiger partial charge on any atom is -0.261 e. The second-order valence-electron chi connectivity index (χ2n) is 5.71. The molecule has 0 atom stereocenters. The lowest BCUT2D eigenvalue weighted by Gasteiger charge is -2.10. The Morgan fingerprint density at radius 2 is 1.81 bits per heavy atom. The molecule has 132 valence electrons. The largest absolute Gasteiger partial charge is 0.336 e. The molecule has 0 unspecified atom stereocenters. The predicted octanol–water partition coefficient (Wildman–Crippen LogP) is 5.28. The standard InChI is InChI=1S/C19H10Cl2N4O2/c20-12-5-3-4-11(8-12)15-9-17(13-6-1-2-7-14(13)21)25-18(22-15)10-16(23-25)19(26)24-27/h1-10H. The number of hydrogen-bond acceptors (Lipinski definition) is 4. The van der Waals surface area contributed by atoms with Crippen molar-refractivity contribution in [1.29, 1.82) is 0 Å².